The number of aliphatic hydroxyl groups is 1. The minimum absolute atomic E-state index is 0.278. The number of hydrogen-bond acceptors (Lipinski definition) is 3. The van der Waals surface area contributed by atoms with Gasteiger partial charge >= 0.3 is 0 Å². The fraction of sp³-hybridized carbons (Fsp3) is 1.00. The van der Waals surface area contributed by atoms with Gasteiger partial charge in [0.25, 0.3) is 0 Å². The Morgan fingerprint density at radius 1 is 1.44 bits per heavy atom. The molecule has 2 aliphatic rings. The zero-order valence-corrected chi connectivity index (χ0v) is 10.8. The number of aliphatic hydroxyl groups excluding tert-OH is 1. The second-order valence-corrected chi connectivity index (χ2v) is 5.85. The summed E-state index contributed by atoms with van der Waals surface area (Å²) in [5.41, 5.74) is 0.278. The largest absolute Gasteiger partial charge is 0.396 e. The van der Waals surface area contributed by atoms with Crippen LogP contribution in [0.2, 0.25) is 0 Å². The van der Waals surface area contributed by atoms with Gasteiger partial charge in [-0.2, -0.15) is 0 Å². The minimum Gasteiger partial charge on any atom is -0.396 e. The summed E-state index contributed by atoms with van der Waals surface area (Å²) in [6.45, 7) is 10.1. The first-order valence-corrected chi connectivity index (χ1v) is 6.56. The molecule has 0 aromatic heterocycles. The molecule has 3 nitrogen and oxygen atoms in total. The lowest BCUT2D eigenvalue weighted by Gasteiger charge is -2.55. The van der Waals surface area contributed by atoms with E-state index < -0.39 is 0 Å². The number of rotatable bonds is 4. The first-order valence-electron chi connectivity index (χ1n) is 6.56. The molecule has 0 amide bonds. The standard InChI is InChI=1S/C13H25NO2/c1-4-16-12-7-11(13(12,2)3)14-6-5-10(8-14)9-15/h10-12,15H,4-9H2,1-3H3. The van der Waals surface area contributed by atoms with E-state index in [1.165, 1.54) is 6.42 Å². The normalized spacial score (nSPS) is 38.6. The lowest BCUT2D eigenvalue weighted by atomic mass is 9.64. The van der Waals surface area contributed by atoms with Gasteiger partial charge in [0.2, 0.25) is 0 Å². The molecule has 1 saturated carbocycles. The third-order valence-electron chi connectivity index (χ3n) is 4.51. The van der Waals surface area contributed by atoms with Crippen LogP contribution in [-0.2, 0) is 4.74 Å². The monoisotopic (exact) mass is 227 g/mol. The quantitative estimate of drug-likeness (QED) is 0.790. The summed E-state index contributed by atoms with van der Waals surface area (Å²) in [6, 6.07) is 0.653. The SMILES string of the molecule is CCOC1CC(N2CCC(CO)C2)C1(C)C. The maximum Gasteiger partial charge on any atom is 0.0655 e. The molecule has 0 spiro atoms. The highest BCUT2D eigenvalue weighted by atomic mass is 16.5. The molecule has 1 heterocycles. The van der Waals surface area contributed by atoms with E-state index in [-0.39, 0.29) is 5.41 Å². The lowest BCUT2D eigenvalue weighted by molar-refractivity contribution is -0.146. The molecule has 16 heavy (non-hydrogen) atoms. The molecule has 3 unspecified atom stereocenters. The summed E-state index contributed by atoms with van der Waals surface area (Å²) in [5, 5.41) is 9.17. The van der Waals surface area contributed by atoms with Gasteiger partial charge in [-0.25, -0.2) is 0 Å². The van der Waals surface area contributed by atoms with E-state index in [9.17, 15) is 5.11 Å². The van der Waals surface area contributed by atoms with Gasteiger partial charge in [-0.05, 0) is 32.2 Å². The van der Waals surface area contributed by atoms with Crippen LogP contribution in [0.1, 0.15) is 33.6 Å². The molecule has 0 radical (unpaired) electrons. The van der Waals surface area contributed by atoms with Crippen molar-refractivity contribution < 1.29 is 9.84 Å². The van der Waals surface area contributed by atoms with E-state index in [0.29, 0.717) is 24.7 Å². The first kappa shape index (κ1) is 12.3. The Bertz CT molecular complexity index is 242. The molecule has 3 heteroatoms. The topological polar surface area (TPSA) is 32.7 Å². The van der Waals surface area contributed by atoms with Crippen molar-refractivity contribution in [3.63, 3.8) is 0 Å². The molecule has 94 valence electrons. The highest BCUT2D eigenvalue weighted by Crippen LogP contribution is 2.46. The van der Waals surface area contributed by atoms with E-state index in [1.807, 2.05) is 0 Å². The van der Waals surface area contributed by atoms with Crippen molar-refractivity contribution in [2.45, 2.75) is 45.8 Å². The smallest absolute Gasteiger partial charge is 0.0655 e. The highest BCUT2D eigenvalue weighted by molar-refractivity contribution is 5.05. The van der Waals surface area contributed by atoms with Crippen LogP contribution in [0, 0.1) is 11.3 Å². The average molecular weight is 227 g/mol. The van der Waals surface area contributed by atoms with Gasteiger partial charge < -0.3 is 9.84 Å². The number of nitrogens with zero attached hydrogens (tertiary/aromatic N) is 1. The molecule has 2 fully saturated rings. The van der Waals surface area contributed by atoms with Crippen molar-refractivity contribution in [3.8, 4) is 0 Å². The van der Waals surface area contributed by atoms with Crippen LogP contribution in [0.5, 0.6) is 0 Å². The number of hydrogen-bond donors (Lipinski definition) is 1. The highest BCUT2D eigenvalue weighted by Gasteiger charge is 2.52. The van der Waals surface area contributed by atoms with Crippen molar-refractivity contribution >= 4 is 0 Å². The number of likely N-dealkylation sites (tertiary alicyclic amines) is 1. The molecule has 0 bridgehead atoms. The van der Waals surface area contributed by atoms with Crippen molar-refractivity contribution in [1.82, 2.24) is 4.90 Å². The molecule has 0 aromatic rings. The fourth-order valence-electron chi connectivity index (χ4n) is 3.26. The van der Waals surface area contributed by atoms with E-state index in [0.717, 1.165) is 26.1 Å². The molecular weight excluding hydrogens is 202 g/mol. The summed E-state index contributed by atoms with van der Waals surface area (Å²) >= 11 is 0. The maximum absolute atomic E-state index is 9.17. The summed E-state index contributed by atoms with van der Waals surface area (Å²) < 4.78 is 5.76. The van der Waals surface area contributed by atoms with E-state index in [1.54, 1.807) is 0 Å². The average Bonchev–Trinajstić information content (AvgIpc) is 2.71. The second-order valence-electron chi connectivity index (χ2n) is 5.85. The Kier molecular flexibility index (Phi) is 3.57. The minimum atomic E-state index is 0.278. The lowest BCUT2D eigenvalue weighted by Crippen LogP contribution is -2.61. The molecule has 0 aromatic carbocycles. The molecule has 1 saturated heterocycles. The summed E-state index contributed by atoms with van der Waals surface area (Å²) in [4.78, 5) is 2.55. The van der Waals surface area contributed by atoms with Crippen LogP contribution in [-0.4, -0.2) is 48.5 Å². The van der Waals surface area contributed by atoms with Crippen molar-refractivity contribution in [2.75, 3.05) is 26.3 Å². The van der Waals surface area contributed by atoms with Gasteiger partial charge in [0.1, 0.15) is 0 Å². The van der Waals surface area contributed by atoms with Gasteiger partial charge in [0.15, 0.2) is 0 Å². The Morgan fingerprint density at radius 2 is 2.19 bits per heavy atom. The summed E-state index contributed by atoms with van der Waals surface area (Å²) in [5.74, 6) is 0.502. The van der Waals surface area contributed by atoms with Crippen molar-refractivity contribution in [1.29, 1.82) is 0 Å². The van der Waals surface area contributed by atoms with E-state index in [2.05, 4.69) is 25.7 Å². The van der Waals surface area contributed by atoms with Crippen LogP contribution in [0.15, 0.2) is 0 Å². The van der Waals surface area contributed by atoms with Crippen LogP contribution < -0.4 is 0 Å². The molecule has 1 N–H and O–H groups in total. The summed E-state index contributed by atoms with van der Waals surface area (Å²) in [7, 11) is 0. The third kappa shape index (κ3) is 2.01. The van der Waals surface area contributed by atoms with Crippen LogP contribution in [0.25, 0.3) is 0 Å². The summed E-state index contributed by atoms with van der Waals surface area (Å²) in [6.07, 6.45) is 2.75. The van der Waals surface area contributed by atoms with E-state index >= 15 is 0 Å². The molecule has 1 aliphatic heterocycles. The van der Waals surface area contributed by atoms with Gasteiger partial charge in [-0.1, -0.05) is 13.8 Å². The van der Waals surface area contributed by atoms with Crippen LogP contribution in [0.4, 0.5) is 0 Å². The third-order valence-corrected chi connectivity index (χ3v) is 4.51. The Hall–Kier alpha value is -0.120. The van der Waals surface area contributed by atoms with Gasteiger partial charge in [-0.3, -0.25) is 4.90 Å². The van der Waals surface area contributed by atoms with Crippen molar-refractivity contribution in [2.24, 2.45) is 11.3 Å². The van der Waals surface area contributed by atoms with Crippen LogP contribution in [0.3, 0.4) is 0 Å². The van der Waals surface area contributed by atoms with Gasteiger partial charge in [0.05, 0.1) is 6.10 Å². The Labute approximate surface area is 98.8 Å². The first-order chi connectivity index (χ1) is 7.59. The Morgan fingerprint density at radius 3 is 2.69 bits per heavy atom. The molecule has 1 aliphatic carbocycles. The van der Waals surface area contributed by atoms with Gasteiger partial charge in [0, 0.05) is 31.2 Å². The zero-order chi connectivity index (χ0) is 11.8. The predicted octanol–water partition coefficient (Wildman–Crippen LogP) is 1.50. The predicted molar refractivity (Wildman–Crippen MR) is 64.4 cm³/mol. The van der Waals surface area contributed by atoms with Gasteiger partial charge in [-0.15, -0.1) is 0 Å². The number of ether oxygens (including phenoxy) is 1. The second kappa shape index (κ2) is 4.63. The molecular formula is C13H25NO2. The van der Waals surface area contributed by atoms with Crippen LogP contribution >= 0.6 is 0 Å². The zero-order valence-electron chi connectivity index (χ0n) is 10.8. The fourth-order valence-corrected chi connectivity index (χ4v) is 3.26. The van der Waals surface area contributed by atoms with Crippen molar-refractivity contribution in [3.05, 3.63) is 0 Å². The maximum atomic E-state index is 9.17. The Balaban J connectivity index is 1.89. The molecule has 3 atom stereocenters. The van der Waals surface area contributed by atoms with E-state index in [4.69, 9.17) is 4.74 Å². The molecule has 2 rings (SSSR count).